The molecule has 1 saturated heterocycles. The number of carbonyl (C=O) groups excluding carboxylic acids is 2. The number of amides is 2. The van der Waals surface area contributed by atoms with Crippen molar-refractivity contribution in [2.24, 2.45) is 0 Å². The Morgan fingerprint density at radius 2 is 1.88 bits per heavy atom. The Labute approximate surface area is 153 Å². The molecular weight excluding hydrogens is 328 g/mol. The molecule has 3 rings (SSSR count). The smallest absolute Gasteiger partial charge is 0.281 e. The summed E-state index contributed by atoms with van der Waals surface area (Å²) < 4.78 is 0. The molecule has 0 aliphatic carbocycles. The first-order valence-corrected chi connectivity index (χ1v) is 8.99. The topological polar surface area (TPSA) is 89.9 Å². The van der Waals surface area contributed by atoms with E-state index in [1.54, 1.807) is 17.3 Å². The number of rotatable bonds is 6. The molecule has 1 aromatic carbocycles. The maximum absolute atomic E-state index is 12.8. The van der Waals surface area contributed by atoms with Gasteiger partial charge in [0.25, 0.3) is 5.91 Å². The van der Waals surface area contributed by atoms with Crippen LogP contribution in [-0.2, 0) is 22.6 Å². The summed E-state index contributed by atoms with van der Waals surface area (Å²) >= 11 is 0. The lowest BCUT2D eigenvalue weighted by Crippen LogP contribution is -2.69. The second-order valence-electron chi connectivity index (χ2n) is 6.65. The van der Waals surface area contributed by atoms with Crippen LogP contribution in [0.2, 0.25) is 0 Å². The lowest BCUT2D eigenvalue weighted by molar-refractivity contribution is -0.405. The second-order valence-corrected chi connectivity index (χ2v) is 6.65. The van der Waals surface area contributed by atoms with Crippen LogP contribution in [0.5, 0.6) is 0 Å². The minimum absolute atomic E-state index is 0.0459. The number of carbonyl (C=O) groups is 2. The van der Waals surface area contributed by atoms with Gasteiger partial charge in [0.05, 0.1) is 0 Å². The van der Waals surface area contributed by atoms with Crippen molar-refractivity contribution >= 4 is 11.8 Å². The Balaban J connectivity index is 1.58. The van der Waals surface area contributed by atoms with Crippen LogP contribution in [0.15, 0.2) is 54.9 Å². The number of benzene rings is 1. The van der Waals surface area contributed by atoms with Crippen molar-refractivity contribution in [1.29, 1.82) is 0 Å². The number of hydrogen-bond acceptors (Lipinski definition) is 3. The zero-order valence-corrected chi connectivity index (χ0v) is 14.8. The van der Waals surface area contributed by atoms with Crippen LogP contribution < -0.4 is 11.1 Å². The zero-order chi connectivity index (χ0) is 18.4. The van der Waals surface area contributed by atoms with Crippen molar-refractivity contribution in [3.63, 3.8) is 0 Å². The van der Waals surface area contributed by atoms with E-state index in [9.17, 15) is 9.59 Å². The summed E-state index contributed by atoms with van der Waals surface area (Å²) in [4.78, 5) is 31.1. The Bertz CT molecular complexity index is 736. The van der Waals surface area contributed by atoms with Crippen molar-refractivity contribution < 1.29 is 15.3 Å². The van der Waals surface area contributed by atoms with E-state index in [0.29, 0.717) is 25.9 Å². The van der Waals surface area contributed by atoms with Crippen LogP contribution >= 0.6 is 0 Å². The molecule has 2 heterocycles. The van der Waals surface area contributed by atoms with Gasteiger partial charge in [-0.3, -0.25) is 14.6 Å². The van der Waals surface area contributed by atoms with Gasteiger partial charge in [-0.25, -0.2) is 0 Å². The summed E-state index contributed by atoms with van der Waals surface area (Å²) in [5.74, 6) is -0.144. The van der Waals surface area contributed by atoms with Crippen LogP contribution in [0.1, 0.15) is 24.0 Å². The Morgan fingerprint density at radius 3 is 2.62 bits per heavy atom. The van der Waals surface area contributed by atoms with Gasteiger partial charge >= 0.3 is 0 Å². The Hall–Kier alpha value is -2.73. The van der Waals surface area contributed by atoms with Crippen molar-refractivity contribution in [2.45, 2.75) is 37.9 Å². The number of pyridine rings is 1. The highest BCUT2D eigenvalue weighted by Crippen LogP contribution is 2.19. The fraction of sp³-hybridized carbons (Fsp3) is 0.350. The first-order chi connectivity index (χ1) is 12.6. The van der Waals surface area contributed by atoms with Crippen molar-refractivity contribution in [3.05, 3.63) is 66.0 Å². The van der Waals surface area contributed by atoms with E-state index in [2.05, 4.69) is 16.0 Å². The van der Waals surface area contributed by atoms with Gasteiger partial charge < -0.3 is 16.0 Å². The van der Waals surface area contributed by atoms with Crippen molar-refractivity contribution in [1.82, 2.24) is 15.2 Å². The molecule has 0 unspecified atom stereocenters. The standard InChI is InChI=1S/C20H24N4O2/c21-17(13-15-5-2-1-3-6-15)20(26)24-12-4-7-18(24)19(25)23-14-16-8-10-22-11-9-16/h1-3,5-6,8-11,17-18H,4,7,12-14,21H2,(H,23,25)/p+1/t17-,18+/m1/s1. The number of quaternary nitrogens is 1. The molecule has 0 saturated carbocycles. The first-order valence-electron chi connectivity index (χ1n) is 8.99. The van der Waals surface area contributed by atoms with Gasteiger partial charge in [-0.1, -0.05) is 30.3 Å². The fourth-order valence-electron chi connectivity index (χ4n) is 3.33. The molecule has 1 aliphatic rings. The summed E-state index contributed by atoms with van der Waals surface area (Å²) in [6.07, 6.45) is 5.53. The van der Waals surface area contributed by atoms with Crippen LogP contribution in [0.4, 0.5) is 0 Å². The van der Waals surface area contributed by atoms with Crippen LogP contribution in [0.3, 0.4) is 0 Å². The van der Waals surface area contributed by atoms with Gasteiger partial charge in [0.15, 0.2) is 6.04 Å². The largest absolute Gasteiger partial charge is 0.350 e. The normalized spacial score (nSPS) is 17.7. The van der Waals surface area contributed by atoms with Gasteiger partial charge in [-0.15, -0.1) is 0 Å². The maximum Gasteiger partial charge on any atom is 0.281 e. The number of aromatic nitrogens is 1. The number of likely N-dealkylation sites (tertiary alicyclic amines) is 1. The molecule has 6 nitrogen and oxygen atoms in total. The SMILES string of the molecule is [NH3+][C@H](Cc1ccccc1)C(=O)N1CCC[C@H]1C(=O)NCc1ccncc1. The average molecular weight is 353 g/mol. The molecule has 0 bridgehead atoms. The predicted molar refractivity (Wildman–Crippen MR) is 97.6 cm³/mol. The zero-order valence-electron chi connectivity index (χ0n) is 14.8. The van der Waals surface area contributed by atoms with Gasteiger partial charge in [-0.2, -0.15) is 0 Å². The molecule has 2 aromatic rings. The molecule has 136 valence electrons. The minimum atomic E-state index is -0.399. The summed E-state index contributed by atoms with van der Waals surface area (Å²) in [5.41, 5.74) is 6.11. The summed E-state index contributed by atoms with van der Waals surface area (Å²) in [6.45, 7) is 1.06. The van der Waals surface area contributed by atoms with Gasteiger partial charge in [0, 0.05) is 31.9 Å². The van der Waals surface area contributed by atoms with Crippen LogP contribution in [0.25, 0.3) is 0 Å². The Kier molecular flexibility index (Phi) is 5.96. The van der Waals surface area contributed by atoms with E-state index < -0.39 is 6.04 Å². The highest BCUT2D eigenvalue weighted by atomic mass is 16.2. The lowest BCUT2D eigenvalue weighted by atomic mass is 10.1. The molecule has 1 aromatic heterocycles. The molecule has 2 atom stereocenters. The molecule has 6 heteroatoms. The molecule has 1 aliphatic heterocycles. The molecule has 2 amide bonds. The Morgan fingerprint density at radius 1 is 1.15 bits per heavy atom. The maximum atomic E-state index is 12.8. The van der Waals surface area contributed by atoms with Crippen LogP contribution in [0, 0.1) is 0 Å². The van der Waals surface area contributed by atoms with Crippen molar-refractivity contribution in [2.75, 3.05) is 6.54 Å². The lowest BCUT2D eigenvalue weighted by Gasteiger charge is -2.25. The molecule has 0 radical (unpaired) electrons. The minimum Gasteiger partial charge on any atom is -0.350 e. The van der Waals surface area contributed by atoms with Gasteiger partial charge in [0.1, 0.15) is 6.04 Å². The average Bonchev–Trinajstić information content (AvgIpc) is 3.17. The van der Waals surface area contributed by atoms with Gasteiger partial charge in [0.2, 0.25) is 5.91 Å². The third-order valence-electron chi connectivity index (χ3n) is 4.73. The van der Waals surface area contributed by atoms with Crippen molar-refractivity contribution in [3.8, 4) is 0 Å². The van der Waals surface area contributed by atoms with E-state index in [1.165, 1.54) is 0 Å². The quantitative estimate of drug-likeness (QED) is 0.794. The number of nitrogens with one attached hydrogen (secondary N) is 1. The summed E-state index contributed by atoms with van der Waals surface area (Å²) in [6, 6.07) is 12.8. The third-order valence-corrected chi connectivity index (χ3v) is 4.73. The molecule has 0 spiro atoms. The summed E-state index contributed by atoms with van der Waals surface area (Å²) in [5, 5.41) is 2.93. The molecule has 26 heavy (non-hydrogen) atoms. The third kappa shape index (κ3) is 4.46. The molecule has 1 fully saturated rings. The summed E-state index contributed by atoms with van der Waals surface area (Å²) in [7, 11) is 0. The highest BCUT2D eigenvalue weighted by molar-refractivity contribution is 5.89. The van der Waals surface area contributed by atoms with E-state index in [0.717, 1.165) is 17.5 Å². The van der Waals surface area contributed by atoms with E-state index in [-0.39, 0.29) is 17.9 Å². The van der Waals surface area contributed by atoms with E-state index in [4.69, 9.17) is 0 Å². The van der Waals surface area contributed by atoms with E-state index >= 15 is 0 Å². The monoisotopic (exact) mass is 353 g/mol. The molecular formula is C20H25N4O2+. The highest BCUT2D eigenvalue weighted by Gasteiger charge is 2.37. The second kappa shape index (κ2) is 8.58. The fourth-order valence-corrected chi connectivity index (χ4v) is 3.33. The van der Waals surface area contributed by atoms with Gasteiger partial charge in [-0.05, 0) is 36.1 Å². The number of hydrogen-bond donors (Lipinski definition) is 2. The first kappa shape index (κ1) is 18.1. The predicted octanol–water partition coefficient (Wildman–Crippen LogP) is 0.542. The molecule has 4 N–H and O–H groups in total. The van der Waals surface area contributed by atoms with E-state index in [1.807, 2.05) is 42.5 Å². The van der Waals surface area contributed by atoms with Crippen LogP contribution in [-0.4, -0.2) is 40.3 Å². The number of nitrogens with zero attached hydrogens (tertiary/aromatic N) is 2.